The van der Waals surface area contributed by atoms with Crippen LogP contribution < -0.4 is 10.6 Å². The fourth-order valence-electron chi connectivity index (χ4n) is 3.38. The molecule has 3 N–H and O–H groups in total. The predicted molar refractivity (Wildman–Crippen MR) is 101 cm³/mol. The van der Waals surface area contributed by atoms with Gasteiger partial charge < -0.3 is 15.5 Å². The van der Waals surface area contributed by atoms with Gasteiger partial charge in [-0.05, 0) is 29.7 Å². The highest BCUT2D eigenvalue weighted by Gasteiger charge is 2.33. The molecule has 0 aliphatic carbocycles. The van der Waals surface area contributed by atoms with Gasteiger partial charge >= 0.3 is 0 Å². The SMILES string of the molecule is O=C(NC[C@@H]1CN[C@H](C(=O)N2CCSC2)C1)c1cccc(-c2nn[nH]n2)c1. The molecule has 0 saturated carbocycles. The topological polar surface area (TPSA) is 116 Å². The van der Waals surface area contributed by atoms with E-state index in [2.05, 4.69) is 31.3 Å². The zero-order valence-corrected chi connectivity index (χ0v) is 15.5. The largest absolute Gasteiger partial charge is 0.352 e. The molecular weight excluding hydrogens is 366 g/mol. The number of tetrazole rings is 1. The van der Waals surface area contributed by atoms with Crippen LogP contribution in [-0.4, -0.2) is 74.6 Å². The highest BCUT2D eigenvalue weighted by molar-refractivity contribution is 7.99. The molecule has 27 heavy (non-hydrogen) atoms. The molecule has 142 valence electrons. The summed E-state index contributed by atoms with van der Waals surface area (Å²) in [6, 6.07) is 6.98. The number of aromatic amines is 1. The smallest absolute Gasteiger partial charge is 0.251 e. The summed E-state index contributed by atoms with van der Waals surface area (Å²) < 4.78 is 0. The zero-order chi connectivity index (χ0) is 18.6. The average molecular weight is 387 g/mol. The summed E-state index contributed by atoms with van der Waals surface area (Å²) in [4.78, 5) is 26.8. The van der Waals surface area contributed by atoms with E-state index < -0.39 is 0 Å². The van der Waals surface area contributed by atoms with E-state index in [1.807, 2.05) is 11.0 Å². The van der Waals surface area contributed by atoms with E-state index in [9.17, 15) is 9.59 Å². The van der Waals surface area contributed by atoms with E-state index in [1.54, 1.807) is 30.0 Å². The normalized spacial score (nSPS) is 22.1. The Bertz CT molecular complexity index is 807. The zero-order valence-electron chi connectivity index (χ0n) is 14.7. The van der Waals surface area contributed by atoms with Gasteiger partial charge in [-0.15, -0.1) is 22.0 Å². The molecule has 2 aliphatic rings. The van der Waals surface area contributed by atoms with Crippen LogP contribution >= 0.6 is 11.8 Å². The average Bonchev–Trinajstić information content (AvgIpc) is 3.48. The lowest BCUT2D eigenvalue weighted by atomic mass is 10.0. The van der Waals surface area contributed by atoms with Crippen LogP contribution in [-0.2, 0) is 4.79 Å². The Hall–Kier alpha value is -2.46. The fourth-order valence-corrected chi connectivity index (χ4v) is 4.34. The summed E-state index contributed by atoms with van der Waals surface area (Å²) in [5, 5.41) is 20.1. The summed E-state index contributed by atoms with van der Waals surface area (Å²) in [5.74, 6) is 2.54. The number of hydrogen-bond donors (Lipinski definition) is 3. The molecule has 0 unspecified atom stereocenters. The van der Waals surface area contributed by atoms with Gasteiger partial charge in [0, 0.05) is 36.5 Å². The van der Waals surface area contributed by atoms with Crippen LogP contribution in [0.15, 0.2) is 24.3 Å². The van der Waals surface area contributed by atoms with E-state index in [-0.39, 0.29) is 23.8 Å². The molecule has 0 bridgehead atoms. The number of nitrogens with one attached hydrogen (secondary N) is 3. The maximum atomic E-state index is 12.5. The summed E-state index contributed by atoms with van der Waals surface area (Å²) in [6.45, 7) is 2.11. The molecule has 0 spiro atoms. The Labute approximate surface area is 160 Å². The highest BCUT2D eigenvalue weighted by Crippen LogP contribution is 2.20. The van der Waals surface area contributed by atoms with Crippen LogP contribution in [0, 0.1) is 5.92 Å². The predicted octanol–water partition coefficient (Wildman–Crippen LogP) is 0.108. The van der Waals surface area contributed by atoms with Crippen molar-refractivity contribution in [1.82, 2.24) is 36.2 Å². The van der Waals surface area contributed by atoms with E-state index in [1.165, 1.54) is 0 Å². The first kappa shape index (κ1) is 17.9. The molecule has 2 saturated heterocycles. The van der Waals surface area contributed by atoms with E-state index in [4.69, 9.17) is 0 Å². The van der Waals surface area contributed by atoms with Crippen LogP contribution in [0.1, 0.15) is 16.8 Å². The van der Waals surface area contributed by atoms with Gasteiger partial charge in [0.25, 0.3) is 5.91 Å². The minimum absolute atomic E-state index is 0.132. The number of thioether (sulfide) groups is 1. The summed E-state index contributed by atoms with van der Waals surface area (Å²) in [6.07, 6.45) is 0.753. The molecule has 1 aromatic carbocycles. The van der Waals surface area contributed by atoms with Gasteiger partial charge in [-0.3, -0.25) is 9.59 Å². The quantitative estimate of drug-likeness (QED) is 0.667. The monoisotopic (exact) mass is 387 g/mol. The van der Waals surface area contributed by atoms with Crippen molar-refractivity contribution in [1.29, 1.82) is 0 Å². The molecular formula is C17H21N7O2S. The van der Waals surface area contributed by atoms with Crippen molar-refractivity contribution in [3.63, 3.8) is 0 Å². The molecule has 4 rings (SSSR count). The van der Waals surface area contributed by atoms with Crippen LogP contribution in [0.25, 0.3) is 11.4 Å². The van der Waals surface area contributed by atoms with Crippen molar-refractivity contribution in [2.45, 2.75) is 12.5 Å². The number of aromatic nitrogens is 4. The minimum atomic E-state index is -0.147. The van der Waals surface area contributed by atoms with Gasteiger partial charge in [-0.2, -0.15) is 5.21 Å². The summed E-state index contributed by atoms with van der Waals surface area (Å²) in [7, 11) is 0. The number of rotatable bonds is 5. The lowest BCUT2D eigenvalue weighted by Gasteiger charge is -2.19. The lowest BCUT2D eigenvalue weighted by molar-refractivity contribution is -0.131. The molecule has 2 aliphatic heterocycles. The number of H-pyrrole nitrogens is 1. The number of carbonyl (C=O) groups is 2. The second-order valence-electron chi connectivity index (χ2n) is 6.73. The third-order valence-corrected chi connectivity index (χ3v) is 5.83. The maximum absolute atomic E-state index is 12.5. The minimum Gasteiger partial charge on any atom is -0.352 e. The van der Waals surface area contributed by atoms with Crippen molar-refractivity contribution >= 4 is 23.6 Å². The molecule has 0 radical (unpaired) electrons. The molecule has 2 amide bonds. The molecule has 10 heteroatoms. The van der Waals surface area contributed by atoms with Crippen LogP contribution in [0.2, 0.25) is 0 Å². The first-order chi connectivity index (χ1) is 13.2. The molecule has 3 heterocycles. The van der Waals surface area contributed by atoms with Gasteiger partial charge in [0.15, 0.2) is 0 Å². The van der Waals surface area contributed by atoms with Gasteiger partial charge in [0.1, 0.15) is 0 Å². The highest BCUT2D eigenvalue weighted by atomic mass is 32.2. The first-order valence-corrected chi connectivity index (χ1v) is 10.1. The molecule has 2 fully saturated rings. The standard InChI is InChI=1S/C17H21N7O2S/c25-16(13-3-1-2-12(7-13)15-20-22-23-21-15)19-9-11-6-14(18-8-11)17(26)24-4-5-27-10-24/h1-3,7,11,14,18H,4-6,8-10H2,(H,19,25)(H,20,21,22,23)/t11-,14-/m0/s1. The molecule has 9 nitrogen and oxygen atoms in total. The van der Waals surface area contributed by atoms with Gasteiger partial charge in [0.05, 0.1) is 11.9 Å². The van der Waals surface area contributed by atoms with Crippen LogP contribution in [0.3, 0.4) is 0 Å². The van der Waals surface area contributed by atoms with Crippen molar-refractivity contribution in [3.05, 3.63) is 29.8 Å². The second kappa shape index (κ2) is 8.05. The number of benzene rings is 1. The van der Waals surface area contributed by atoms with Gasteiger partial charge in [0.2, 0.25) is 11.7 Å². The van der Waals surface area contributed by atoms with Crippen molar-refractivity contribution in [3.8, 4) is 11.4 Å². The number of carbonyl (C=O) groups excluding carboxylic acids is 2. The van der Waals surface area contributed by atoms with Crippen LogP contribution in [0.5, 0.6) is 0 Å². The fraction of sp³-hybridized carbons (Fsp3) is 0.471. The molecule has 2 aromatic rings. The van der Waals surface area contributed by atoms with Gasteiger partial charge in [-0.1, -0.05) is 12.1 Å². The Balaban J connectivity index is 1.30. The van der Waals surface area contributed by atoms with Crippen LogP contribution in [0.4, 0.5) is 0 Å². The molecule has 1 aromatic heterocycles. The third-order valence-electron chi connectivity index (χ3n) is 4.86. The molecule has 2 atom stereocenters. The second-order valence-corrected chi connectivity index (χ2v) is 7.80. The Kier molecular flexibility index (Phi) is 5.35. The summed E-state index contributed by atoms with van der Waals surface area (Å²) in [5.41, 5.74) is 1.28. The van der Waals surface area contributed by atoms with Crippen molar-refractivity contribution in [2.75, 3.05) is 31.3 Å². The van der Waals surface area contributed by atoms with Crippen molar-refractivity contribution < 1.29 is 9.59 Å². The van der Waals surface area contributed by atoms with Gasteiger partial charge in [-0.25, -0.2) is 0 Å². The Morgan fingerprint density at radius 3 is 3.07 bits per heavy atom. The third kappa shape index (κ3) is 4.11. The Morgan fingerprint density at radius 2 is 2.30 bits per heavy atom. The number of hydrogen-bond acceptors (Lipinski definition) is 7. The number of amides is 2. The van der Waals surface area contributed by atoms with E-state index in [0.29, 0.717) is 17.9 Å². The number of nitrogens with zero attached hydrogens (tertiary/aromatic N) is 4. The lowest BCUT2D eigenvalue weighted by Crippen LogP contribution is -2.42. The van der Waals surface area contributed by atoms with E-state index >= 15 is 0 Å². The van der Waals surface area contributed by atoms with Crippen molar-refractivity contribution in [2.24, 2.45) is 5.92 Å². The summed E-state index contributed by atoms with van der Waals surface area (Å²) >= 11 is 1.79. The first-order valence-electron chi connectivity index (χ1n) is 8.92. The van der Waals surface area contributed by atoms with E-state index in [0.717, 1.165) is 36.7 Å². The Morgan fingerprint density at radius 1 is 1.37 bits per heavy atom. The maximum Gasteiger partial charge on any atom is 0.251 e.